The van der Waals surface area contributed by atoms with E-state index in [1.54, 1.807) is 0 Å². The number of rotatable bonds is 6. The number of ether oxygens (including phenoxy) is 1. The number of methoxy groups -OCH3 is 1. The summed E-state index contributed by atoms with van der Waals surface area (Å²) in [5, 5.41) is 10.8. The average Bonchev–Trinajstić information content (AvgIpc) is 2.46. The zero-order valence-corrected chi connectivity index (χ0v) is 13.0. The van der Waals surface area contributed by atoms with Crippen LogP contribution in [-0.4, -0.2) is 20.5 Å². The number of nitrogens with zero attached hydrogens (tertiary/aromatic N) is 1. The first-order valence-electron chi connectivity index (χ1n) is 6.57. The molecule has 0 amide bonds. The molecule has 0 bridgehead atoms. The maximum Gasteiger partial charge on any atom is 0.270 e. The van der Waals surface area contributed by atoms with E-state index in [0.29, 0.717) is 5.56 Å². The second-order valence-electron chi connectivity index (χ2n) is 4.92. The van der Waals surface area contributed by atoms with Gasteiger partial charge in [-0.2, -0.15) is 0 Å². The number of sulfone groups is 1. The van der Waals surface area contributed by atoms with Crippen molar-refractivity contribution in [2.45, 2.75) is 11.5 Å². The molecule has 23 heavy (non-hydrogen) atoms. The Kier molecular flexibility index (Phi) is 4.95. The van der Waals surface area contributed by atoms with Gasteiger partial charge in [-0.05, 0) is 23.8 Å². The van der Waals surface area contributed by atoms with Crippen LogP contribution >= 0.6 is 0 Å². The van der Waals surface area contributed by atoms with Crippen LogP contribution < -0.4 is 4.74 Å². The Morgan fingerprint density at radius 2 is 1.91 bits per heavy atom. The average molecular weight is 339 g/mol. The number of hydrogen-bond acceptors (Lipinski definition) is 5. The van der Waals surface area contributed by atoms with Gasteiger partial charge in [0.05, 0.1) is 23.5 Å². The lowest BCUT2D eigenvalue weighted by molar-refractivity contribution is -0.384. The summed E-state index contributed by atoms with van der Waals surface area (Å²) in [5.41, 5.74) is 0.286. The van der Waals surface area contributed by atoms with Gasteiger partial charge in [0.25, 0.3) is 5.69 Å². The van der Waals surface area contributed by atoms with E-state index in [1.165, 1.54) is 43.5 Å². The summed E-state index contributed by atoms with van der Waals surface area (Å²) in [5.74, 6) is -1.07. The molecule has 122 valence electrons. The molecule has 0 atom stereocenters. The van der Waals surface area contributed by atoms with Gasteiger partial charge in [0.15, 0.2) is 9.84 Å². The van der Waals surface area contributed by atoms with E-state index < -0.39 is 26.3 Å². The summed E-state index contributed by atoms with van der Waals surface area (Å²) in [4.78, 5) is 10.2. The van der Waals surface area contributed by atoms with E-state index in [-0.39, 0.29) is 22.8 Å². The number of nitro groups is 1. The molecule has 6 nitrogen and oxygen atoms in total. The predicted octanol–water partition coefficient (Wildman–Crippen LogP) is 2.86. The molecule has 0 spiro atoms. The van der Waals surface area contributed by atoms with Crippen molar-refractivity contribution in [1.29, 1.82) is 0 Å². The molecule has 0 saturated heterocycles. The van der Waals surface area contributed by atoms with Gasteiger partial charge in [-0.1, -0.05) is 12.1 Å². The van der Waals surface area contributed by atoms with Gasteiger partial charge in [-0.15, -0.1) is 0 Å². The Morgan fingerprint density at radius 1 is 1.17 bits per heavy atom. The van der Waals surface area contributed by atoms with E-state index in [4.69, 9.17) is 4.74 Å². The third kappa shape index (κ3) is 4.49. The highest BCUT2D eigenvalue weighted by Gasteiger charge is 2.19. The molecule has 0 N–H and O–H groups in total. The minimum absolute atomic E-state index is 0.193. The van der Waals surface area contributed by atoms with Crippen LogP contribution in [-0.2, 0) is 21.3 Å². The molecular weight excluding hydrogens is 325 g/mol. The molecule has 0 aliphatic heterocycles. The fraction of sp³-hybridized carbons (Fsp3) is 0.200. The molecule has 0 aliphatic rings. The Hall–Kier alpha value is -2.48. The van der Waals surface area contributed by atoms with Crippen LogP contribution in [0.2, 0.25) is 0 Å². The van der Waals surface area contributed by atoms with Crippen molar-refractivity contribution in [1.82, 2.24) is 0 Å². The van der Waals surface area contributed by atoms with E-state index in [0.717, 1.165) is 6.07 Å². The summed E-state index contributed by atoms with van der Waals surface area (Å²) in [6, 6.07) is 9.05. The van der Waals surface area contributed by atoms with E-state index >= 15 is 0 Å². The fourth-order valence-electron chi connectivity index (χ4n) is 2.16. The molecule has 0 unspecified atom stereocenters. The van der Waals surface area contributed by atoms with Crippen LogP contribution in [0.25, 0.3) is 0 Å². The molecular formula is C15H14FNO5S. The topological polar surface area (TPSA) is 86.5 Å². The highest BCUT2D eigenvalue weighted by molar-refractivity contribution is 7.89. The monoisotopic (exact) mass is 339 g/mol. The van der Waals surface area contributed by atoms with Crippen molar-refractivity contribution < 1.29 is 22.5 Å². The first-order chi connectivity index (χ1) is 10.8. The molecule has 2 aromatic carbocycles. The van der Waals surface area contributed by atoms with Crippen LogP contribution in [0.1, 0.15) is 11.1 Å². The van der Waals surface area contributed by atoms with E-state index in [9.17, 15) is 22.9 Å². The Bertz CT molecular complexity index is 836. The van der Waals surface area contributed by atoms with Gasteiger partial charge in [0.2, 0.25) is 0 Å². The van der Waals surface area contributed by atoms with Crippen LogP contribution in [0, 0.1) is 15.9 Å². The minimum Gasteiger partial charge on any atom is -0.496 e. The van der Waals surface area contributed by atoms with Crippen LogP contribution in [0.15, 0.2) is 42.5 Å². The number of benzene rings is 2. The Balaban J connectivity index is 2.29. The maximum absolute atomic E-state index is 13.1. The smallest absolute Gasteiger partial charge is 0.270 e. The quantitative estimate of drug-likeness (QED) is 0.596. The normalized spacial score (nSPS) is 11.2. The summed E-state index contributed by atoms with van der Waals surface area (Å²) in [7, 11) is -2.30. The lowest BCUT2D eigenvalue weighted by atomic mass is 10.2. The third-order valence-corrected chi connectivity index (χ3v) is 4.65. The number of halogens is 1. The zero-order chi connectivity index (χ0) is 17.0. The SMILES string of the molecule is COc1ccc([N+](=O)[O-])cc1CS(=O)(=O)Cc1cccc(F)c1. The van der Waals surface area contributed by atoms with E-state index in [1.807, 2.05) is 0 Å². The maximum atomic E-state index is 13.1. The Morgan fingerprint density at radius 3 is 2.52 bits per heavy atom. The first kappa shape index (κ1) is 16.9. The molecule has 0 saturated carbocycles. The molecule has 0 radical (unpaired) electrons. The second kappa shape index (κ2) is 6.74. The van der Waals surface area contributed by atoms with Crippen molar-refractivity contribution in [2.24, 2.45) is 0 Å². The van der Waals surface area contributed by atoms with Gasteiger partial charge in [-0.25, -0.2) is 12.8 Å². The largest absolute Gasteiger partial charge is 0.496 e. The van der Waals surface area contributed by atoms with Crippen LogP contribution in [0.5, 0.6) is 5.75 Å². The fourth-order valence-corrected chi connectivity index (χ4v) is 3.65. The van der Waals surface area contributed by atoms with Gasteiger partial charge < -0.3 is 4.74 Å². The van der Waals surface area contributed by atoms with Crippen molar-refractivity contribution >= 4 is 15.5 Å². The summed E-state index contributed by atoms with van der Waals surface area (Å²) < 4.78 is 42.8. The molecule has 0 fully saturated rings. The molecule has 0 aromatic heterocycles. The number of nitro benzene ring substituents is 1. The lowest BCUT2D eigenvalue weighted by Gasteiger charge is -2.09. The molecule has 0 heterocycles. The minimum atomic E-state index is -3.65. The van der Waals surface area contributed by atoms with E-state index in [2.05, 4.69) is 0 Å². The van der Waals surface area contributed by atoms with Gasteiger partial charge in [0, 0.05) is 17.7 Å². The van der Waals surface area contributed by atoms with Gasteiger partial charge >= 0.3 is 0 Å². The van der Waals surface area contributed by atoms with Crippen LogP contribution in [0.4, 0.5) is 10.1 Å². The lowest BCUT2D eigenvalue weighted by Crippen LogP contribution is -2.09. The van der Waals surface area contributed by atoms with Gasteiger partial charge in [0.1, 0.15) is 11.6 Å². The first-order valence-corrected chi connectivity index (χ1v) is 8.39. The third-order valence-electron chi connectivity index (χ3n) is 3.13. The molecule has 2 rings (SSSR count). The second-order valence-corrected chi connectivity index (χ2v) is 6.98. The highest BCUT2D eigenvalue weighted by atomic mass is 32.2. The highest BCUT2D eigenvalue weighted by Crippen LogP contribution is 2.26. The number of non-ortho nitro benzene ring substituents is 1. The Labute approximate surface area is 132 Å². The van der Waals surface area contributed by atoms with Gasteiger partial charge in [-0.3, -0.25) is 10.1 Å². The molecule has 0 aliphatic carbocycles. The summed E-state index contributed by atoms with van der Waals surface area (Å²) >= 11 is 0. The number of hydrogen-bond donors (Lipinski definition) is 0. The molecule has 2 aromatic rings. The van der Waals surface area contributed by atoms with Crippen molar-refractivity contribution in [3.8, 4) is 5.75 Å². The standard InChI is InChI=1S/C15H14FNO5S/c1-22-15-6-5-14(17(18)19)8-12(15)10-23(20,21)9-11-3-2-4-13(16)7-11/h2-8H,9-10H2,1H3. The summed E-state index contributed by atoms with van der Waals surface area (Å²) in [6.07, 6.45) is 0. The molecule has 8 heteroatoms. The van der Waals surface area contributed by atoms with Crippen molar-refractivity contribution in [3.05, 3.63) is 69.5 Å². The van der Waals surface area contributed by atoms with Crippen LogP contribution in [0.3, 0.4) is 0 Å². The predicted molar refractivity (Wildman–Crippen MR) is 82.4 cm³/mol. The van der Waals surface area contributed by atoms with Crippen molar-refractivity contribution in [3.63, 3.8) is 0 Å². The summed E-state index contributed by atoms with van der Waals surface area (Å²) in [6.45, 7) is 0. The van der Waals surface area contributed by atoms with Crippen molar-refractivity contribution in [2.75, 3.05) is 7.11 Å². The zero-order valence-electron chi connectivity index (χ0n) is 12.2.